The van der Waals surface area contributed by atoms with Crippen LogP contribution in [-0.4, -0.2) is 9.97 Å². The van der Waals surface area contributed by atoms with Crippen molar-refractivity contribution in [2.75, 3.05) is 5.32 Å². The quantitative estimate of drug-likeness (QED) is 0.846. The van der Waals surface area contributed by atoms with Crippen molar-refractivity contribution in [1.29, 1.82) is 0 Å². The molecule has 0 aliphatic heterocycles. The second-order valence-electron chi connectivity index (χ2n) is 4.59. The van der Waals surface area contributed by atoms with Crippen molar-refractivity contribution in [3.05, 3.63) is 45.4 Å². The number of thiocarbonyl (C=S) groups is 1. The zero-order valence-electron chi connectivity index (χ0n) is 11.2. The van der Waals surface area contributed by atoms with Crippen LogP contribution in [-0.2, 0) is 0 Å². The molecule has 5 heteroatoms. The third-order valence-electron chi connectivity index (χ3n) is 2.82. The van der Waals surface area contributed by atoms with Crippen molar-refractivity contribution < 1.29 is 0 Å². The molecule has 0 fully saturated rings. The van der Waals surface area contributed by atoms with Gasteiger partial charge in [-0.3, -0.25) is 0 Å². The van der Waals surface area contributed by atoms with Crippen LogP contribution in [0.1, 0.15) is 34.0 Å². The average molecular weight is 291 g/mol. The number of hydrogen-bond donors (Lipinski definition) is 2. The number of aromatic nitrogens is 1. The summed E-state index contributed by atoms with van der Waals surface area (Å²) < 4.78 is 0. The van der Waals surface area contributed by atoms with Gasteiger partial charge in [0.2, 0.25) is 0 Å². The molecule has 0 aliphatic rings. The molecule has 1 atom stereocenters. The molecule has 0 spiro atoms. The Balaban J connectivity index is 2.26. The van der Waals surface area contributed by atoms with Gasteiger partial charge < -0.3 is 11.1 Å². The van der Waals surface area contributed by atoms with Crippen LogP contribution in [0.4, 0.5) is 5.69 Å². The highest BCUT2D eigenvalue weighted by molar-refractivity contribution is 7.80. The molecule has 2 aromatic rings. The van der Waals surface area contributed by atoms with Crippen LogP contribution in [0.5, 0.6) is 0 Å². The summed E-state index contributed by atoms with van der Waals surface area (Å²) in [6.45, 7) is 6.17. The number of nitrogens with two attached hydrogens (primary N) is 1. The first kappa shape index (κ1) is 14.0. The zero-order chi connectivity index (χ0) is 14.0. The molecule has 0 radical (unpaired) electrons. The number of rotatable bonds is 4. The fraction of sp³-hybridized carbons (Fsp3) is 0.286. The van der Waals surface area contributed by atoms with E-state index in [9.17, 15) is 0 Å². The monoisotopic (exact) mass is 291 g/mol. The van der Waals surface area contributed by atoms with E-state index in [1.54, 1.807) is 11.3 Å². The van der Waals surface area contributed by atoms with Gasteiger partial charge in [0, 0.05) is 22.3 Å². The van der Waals surface area contributed by atoms with Crippen molar-refractivity contribution in [3.8, 4) is 0 Å². The molecule has 1 unspecified atom stereocenters. The van der Waals surface area contributed by atoms with E-state index in [-0.39, 0.29) is 6.04 Å². The van der Waals surface area contributed by atoms with E-state index in [0.717, 1.165) is 21.8 Å². The van der Waals surface area contributed by atoms with Crippen molar-refractivity contribution in [1.82, 2.24) is 4.98 Å². The Bertz CT molecular complexity index is 604. The van der Waals surface area contributed by atoms with Gasteiger partial charge >= 0.3 is 0 Å². The van der Waals surface area contributed by atoms with Crippen LogP contribution < -0.4 is 11.1 Å². The molecule has 3 nitrogen and oxygen atoms in total. The molecule has 0 aliphatic carbocycles. The second kappa shape index (κ2) is 5.67. The van der Waals surface area contributed by atoms with Crippen molar-refractivity contribution >= 4 is 34.2 Å². The van der Waals surface area contributed by atoms with Gasteiger partial charge in [0.25, 0.3) is 0 Å². The van der Waals surface area contributed by atoms with E-state index < -0.39 is 0 Å². The summed E-state index contributed by atoms with van der Waals surface area (Å²) in [5.74, 6) is 0. The number of nitrogens with zero attached hydrogens (tertiary/aromatic N) is 1. The predicted molar refractivity (Wildman–Crippen MR) is 86.0 cm³/mol. The normalized spacial score (nSPS) is 12.2. The minimum Gasteiger partial charge on any atom is -0.389 e. The van der Waals surface area contributed by atoms with Crippen molar-refractivity contribution in [2.45, 2.75) is 26.8 Å². The van der Waals surface area contributed by atoms with Gasteiger partial charge in [-0.25, -0.2) is 4.98 Å². The highest BCUT2D eigenvalue weighted by Gasteiger charge is 2.12. The van der Waals surface area contributed by atoms with E-state index in [1.165, 1.54) is 4.88 Å². The molecule has 1 aromatic heterocycles. The third-order valence-corrected chi connectivity index (χ3v) is 4.14. The first-order valence-corrected chi connectivity index (χ1v) is 7.29. The molecular formula is C14H17N3S2. The smallest absolute Gasteiger partial charge is 0.115 e. The minimum atomic E-state index is 0.134. The van der Waals surface area contributed by atoms with E-state index in [2.05, 4.69) is 24.1 Å². The second-order valence-corrected chi connectivity index (χ2v) is 6.29. The van der Waals surface area contributed by atoms with Gasteiger partial charge in [0.1, 0.15) is 10.00 Å². The summed E-state index contributed by atoms with van der Waals surface area (Å²) in [5, 5.41) is 4.49. The highest BCUT2D eigenvalue weighted by atomic mass is 32.1. The maximum absolute atomic E-state index is 5.78. The minimum absolute atomic E-state index is 0.134. The molecule has 100 valence electrons. The molecule has 0 saturated carbocycles. The van der Waals surface area contributed by atoms with E-state index in [0.29, 0.717) is 4.99 Å². The van der Waals surface area contributed by atoms with Crippen LogP contribution in [0.3, 0.4) is 0 Å². The summed E-state index contributed by atoms with van der Waals surface area (Å²) >= 11 is 6.80. The molecule has 1 aromatic carbocycles. The van der Waals surface area contributed by atoms with Crippen LogP contribution in [0, 0.1) is 13.8 Å². The lowest BCUT2D eigenvalue weighted by atomic mass is 10.1. The number of aryl methyl sites for hydroxylation is 2. The average Bonchev–Trinajstić information content (AvgIpc) is 2.78. The van der Waals surface area contributed by atoms with Gasteiger partial charge in [0.15, 0.2) is 0 Å². The lowest BCUT2D eigenvalue weighted by Gasteiger charge is -2.16. The number of thiazole rings is 1. The van der Waals surface area contributed by atoms with Crippen molar-refractivity contribution in [2.24, 2.45) is 5.73 Å². The maximum Gasteiger partial charge on any atom is 0.115 e. The molecule has 0 bridgehead atoms. The van der Waals surface area contributed by atoms with Gasteiger partial charge in [-0.2, -0.15) is 0 Å². The van der Waals surface area contributed by atoms with Crippen LogP contribution in [0.25, 0.3) is 0 Å². The highest BCUT2D eigenvalue weighted by Crippen LogP contribution is 2.25. The maximum atomic E-state index is 5.78. The predicted octanol–water partition coefficient (Wildman–Crippen LogP) is 3.57. The Labute approximate surface area is 122 Å². The van der Waals surface area contributed by atoms with Gasteiger partial charge in [-0.05, 0) is 32.9 Å². The molecular weight excluding hydrogens is 274 g/mol. The molecule has 0 amide bonds. The molecule has 1 heterocycles. The Hall–Kier alpha value is -1.46. The first-order valence-electron chi connectivity index (χ1n) is 6.06. The Morgan fingerprint density at radius 2 is 2.16 bits per heavy atom. The number of benzene rings is 1. The fourth-order valence-corrected chi connectivity index (χ4v) is 2.80. The van der Waals surface area contributed by atoms with E-state index >= 15 is 0 Å². The number of nitrogens with one attached hydrogen (secondary N) is 1. The first-order chi connectivity index (χ1) is 8.97. The van der Waals surface area contributed by atoms with Crippen LogP contribution in [0.2, 0.25) is 0 Å². The largest absolute Gasteiger partial charge is 0.389 e. The fourth-order valence-electron chi connectivity index (χ4n) is 1.86. The number of anilines is 1. The molecule has 0 saturated heterocycles. The van der Waals surface area contributed by atoms with Crippen LogP contribution >= 0.6 is 23.6 Å². The standard InChI is InChI=1S/C14H17N3S2/c1-8-4-5-12(11(6-8)13(15)18)17-10(3)14-16-7-9(2)19-14/h4-7,10,17H,1-3H3,(H2,15,18). The SMILES string of the molecule is Cc1ccc(NC(C)c2ncc(C)s2)c(C(N)=S)c1. The molecule has 2 rings (SSSR count). The molecule has 3 N–H and O–H groups in total. The Kier molecular flexibility index (Phi) is 4.17. The summed E-state index contributed by atoms with van der Waals surface area (Å²) in [6.07, 6.45) is 1.89. The van der Waals surface area contributed by atoms with Crippen molar-refractivity contribution in [3.63, 3.8) is 0 Å². The zero-order valence-corrected chi connectivity index (χ0v) is 12.9. The summed E-state index contributed by atoms with van der Waals surface area (Å²) in [6, 6.07) is 6.20. The molecule has 19 heavy (non-hydrogen) atoms. The number of hydrogen-bond acceptors (Lipinski definition) is 4. The Morgan fingerprint density at radius 1 is 1.42 bits per heavy atom. The Morgan fingerprint density at radius 3 is 2.74 bits per heavy atom. The third kappa shape index (κ3) is 3.30. The van der Waals surface area contributed by atoms with Gasteiger partial charge in [-0.1, -0.05) is 23.8 Å². The van der Waals surface area contributed by atoms with E-state index in [1.807, 2.05) is 31.3 Å². The van der Waals surface area contributed by atoms with Gasteiger partial charge in [0.05, 0.1) is 6.04 Å². The summed E-state index contributed by atoms with van der Waals surface area (Å²) in [5.41, 5.74) is 8.77. The van der Waals surface area contributed by atoms with Crippen LogP contribution in [0.15, 0.2) is 24.4 Å². The van der Waals surface area contributed by atoms with Gasteiger partial charge in [-0.15, -0.1) is 11.3 Å². The topological polar surface area (TPSA) is 50.9 Å². The van der Waals surface area contributed by atoms with E-state index in [4.69, 9.17) is 18.0 Å². The summed E-state index contributed by atoms with van der Waals surface area (Å²) in [4.78, 5) is 6.02. The summed E-state index contributed by atoms with van der Waals surface area (Å²) in [7, 11) is 0. The lowest BCUT2D eigenvalue weighted by Crippen LogP contribution is -2.15. The lowest BCUT2D eigenvalue weighted by molar-refractivity contribution is 0.869.